The Morgan fingerprint density at radius 1 is 0.780 bits per heavy atom. The Kier molecular flexibility index (Phi) is 21.1. The van der Waals surface area contributed by atoms with Gasteiger partial charge in [-0.15, -0.1) is 0 Å². The highest BCUT2D eigenvalue weighted by atomic mass is 31.2. The van der Waals surface area contributed by atoms with Crippen LogP contribution in [-0.2, 0) is 55.5 Å². The van der Waals surface area contributed by atoms with Crippen LogP contribution in [0.2, 0.25) is 44.9 Å². The molecule has 2 aromatic rings. The van der Waals surface area contributed by atoms with Crippen LogP contribution in [0.15, 0.2) is 60.7 Å². The quantitative estimate of drug-likeness (QED) is 0.0313. The van der Waals surface area contributed by atoms with Crippen LogP contribution in [0.4, 0.5) is 0 Å². The first-order valence-electron chi connectivity index (χ1n) is 20.7. The lowest BCUT2D eigenvalue weighted by Crippen LogP contribution is -2.58. The second-order valence-corrected chi connectivity index (χ2v) is 32.6. The lowest BCUT2D eigenvalue weighted by molar-refractivity contribution is -0.313. The summed E-state index contributed by atoms with van der Waals surface area (Å²) in [6.07, 6.45) is -2.30. The van der Waals surface area contributed by atoms with Gasteiger partial charge in [-0.1, -0.05) is 80.3 Å². The van der Waals surface area contributed by atoms with Gasteiger partial charge in [0.25, 0.3) is 6.48 Å². The molecule has 3 unspecified atom stereocenters. The molecule has 0 N–H and O–H groups in total. The zero-order valence-corrected chi connectivity index (χ0v) is 41.8. The molecule has 2 aromatic carbocycles. The summed E-state index contributed by atoms with van der Waals surface area (Å²) in [4.78, 5) is 22.9. The summed E-state index contributed by atoms with van der Waals surface area (Å²) in [6.45, 7) is 25.8. The van der Waals surface area contributed by atoms with E-state index in [1.54, 1.807) is 0 Å². The van der Waals surface area contributed by atoms with Crippen molar-refractivity contribution in [2.24, 2.45) is 0 Å². The van der Waals surface area contributed by atoms with E-state index in [9.17, 15) is 9.59 Å². The average molecular weight is 896 g/mol. The minimum Gasteiger partial charge on any atom is -0.463 e. The van der Waals surface area contributed by atoms with Crippen molar-refractivity contribution in [2.45, 2.75) is 135 Å². The molecule has 18 heteroatoms. The van der Waals surface area contributed by atoms with Gasteiger partial charge in [0.05, 0.1) is 25.8 Å². The van der Waals surface area contributed by atoms with Crippen LogP contribution < -0.4 is 0 Å². The van der Waals surface area contributed by atoms with Crippen molar-refractivity contribution in [3.05, 3.63) is 71.8 Å². The largest absolute Gasteiger partial charge is 0.488 e. The predicted octanol–water partition coefficient (Wildman–Crippen LogP) is 7.11. The number of hydrogen-bond acceptors (Lipinski definition) is 13. The first kappa shape index (κ1) is 51.5. The molecule has 1 aliphatic heterocycles. The van der Waals surface area contributed by atoms with E-state index in [0.717, 1.165) is 11.1 Å². The third-order valence-electron chi connectivity index (χ3n) is 8.93. The minimum absolute atomic E-state index is 0.00145. The van der Waals surface area contributed by atoms with E-state index in [-0.39, 0.29) is 45.1 Å². The van der Waals surface area contributed by atoms with Crippen molar-refractivity contribution >= 4 is 53.3 Å². The molecule has 0 aromatic heterocycles. The number of benzene rings is 2. The van der Waals surface area contributed by atoms with Crippen LogP contribution in [0.1, 0.15) is 58.8 Å². The van der Waals surface area contributed by atoms with E-state index in [4.69, 9.17) is 45.9 Å². The number of hydrogen-bond donors (Lipinski definition) is 0. The van der Waals surface area contributed by atoms with Crippen molar-refractivity contribution in [1.82, 2.24) is 4.67 Å². The Hall–Kier alpha value is -1.83. The van der Waals surface area contributed by atoms with Gasteiger partial charge in [0.2, 0.25) is 0 Å². The molecule has 1 fully saturated rings. The van der Waals surface area contributed by atoms with Gasteiger partial charge in [-0.25, -0.2) is 0 Å². The molecule has 0 aliphatic carbocycles. The molecule has 0 radical (unpaired) electrons. The number of nitrogens with zero attached hydrogens (tertiary/aromatic N) is 1. The fourth-order valence-electron chi connectivity index (χ4n) is 7.06. The standard InChI is InChI=1S/C41H71BNO12PSi3/c1-30(2)43(31(3)4)56(7)53-38-36(51-40(42)39(38)52-41(48-26-24-46-32(5)44)49-27-25-47-33(6)45)28-50-59(29-57(8,9)10,55-58(11,12)13)54-37(34-20-16-14-17-21-34)35-22-18-15-19-23-35/h14-23,30-31,36-41H,24-29,42H2,1-13H3/t36-,38?,39+,40-,56?,59?/m1/s1. The van der Waals surface area contributed by atoms with Crippen molar-refractivity contribution in [3.63, 3.8) is 0 Å². The molecule has 0 bridgehead atoms. The molecule has 0 saturated carbocycles. The molecule has 1 heterocycles. The minimum atomic E-state index is -3.52. The predicted molar refractivity (Wildman–Crippen MR) is 241 cm³/mol. The van der Waals surface area contributed by atoms with Crippen LogP contribution in [0.25, 0.3) is 0 Å². The highest BCUT2D eigenvalue weighted by Crippen LogP contribution is 2.46. The van der Waals surface area contributed by atoms with Gasteiger partial charge in [0.15, 0.2) is 8.32 Å². The summed E-state index contributed by atoms with van der Waals surface area (Å²) >= 11 is 0. The van der Waals surface area contributed by atoms with Crippen LogP contribution in [0, 0.1) is 0 Å². The number of esters is 2. The molecular weight excluding hydrogens is 824 g/mol. The fraction of sp³-hybridized carbons (Fsp3) is 0.659. The van der Waals surface area contributed by atoms with E-state index in [0.29, 0.717) is 5.67 Å². The Bertz CT molecular complexity index is 1450. The van der Waals surface area contributed by atoms with Gasteiger partial charge >= 0.3 is 20.7 Å². The third-order valence-corrected chi connectivity index (χ3v) is 21.9. The number of carbonyl (C=O) groups is 2. The summed E-state index contributed by atoms with van der Waals surface area (Å²) in [7, 11) is -6.92. The maximum atomic E-state index is 11.5. The third kappa shape index (κ3) is 18.2. The van der Waals surface area contributed by atoms with Crippen molar-refractivity contribution in [1.29, 1.82) is 0 Å². The van der Waals surface area contributed by atoms with Crippen LogP contribution >= 0.6 is 8.30 Å². The monoisotopic (exact) mass is 895 g/mol. The smallest absolute Gasteiger partial charge is 0.463 e. The number of rotatable bonds is 26. The lowest BCUT2D eigenvalue weighted by Gasteiger charge is -2.41. The molecule has 6 atom stereocenters. The van der Waals surface area contributed by atoms with Gasteiger partial charge in [0.1, 0.15) is 53.8 Å². The zero-order valence-electron chi connectivity index (χ0n) is 37.9. The normalized spacial score (nSPS) is 20.4. The van der Waals surface area contributed by atoms with Gasteiger partial charge in [-0.2, -0.15) is 0 Å². The molecule has 332 valence electrons. The second-order valence-electron chi connectivity index (χ2n) is 17.6. The molecule has 0 spiro atoms. The molecule has 3 rings (SSSR count). The van der Waals surface area contributed by atoms with E-state index < -0.39 is 82.3 Å². The van der Waals surface area contributed by atoms with E-state index in [1.807, 2.05) is 44.2 Å². The van der Waals surface area contributed by atoms with E-state index >= 15 is 0 Å². The van der Waals surface area contributed by atoms with Crippen LogP contribution in [-0.4, -0.2) is 132 Å². The maximum Gasteiger partial charge on any atom is 0.488 e. The molecular formula is C41H71BNO12PSi3. The Morgan fingerprint density at radius 3 is 1.69 bits per heavy atom. The summed E-state index contributed by atoms with van der Waals surface area (Å²) in [6, 6.07) is 20.4. The van der Waals surface area contributed by atoms with Gasteiger partial charge in [0, 0.05) is 39.7 Å². The van der Waals surface area contributed by atoms with Crippen molar-refractivity contribution < 1.29 is 55.5 Å². The zero-order chi connectivity index (χ0) is 44.0. The summed E-state index contributed by atoms with van der Waals surface area (Å²) < 4.78 is 66.7. The summed E-state index contributed by atoms with van der Waals surface area (Å²) in [5.74, 6) is -0.858. The Balaban J connectivity index is 2.06. The molecule has 0 amide bonds. The number of carbonyl (C=O) groups excluding carboxylic acids is 2. The molecule has 1 aliphatic rings. The van der Waals surface area contributed by atoms with Gasteiger partial charge in [-0.05, 0) is 65.1 Å². The lowest BCUT2D eigenvalue weighted by atomic mass is 9.93. The van der Waals surface area contributed by atoms with Crippen LogP contribution in [0.5, 0.6) is 0 Å². The van der Waals surface area contributed by atoms with Crippen LogP contribution in [0.3, 0.4) is 0 Å². The Morgan fingerprint density at radius 2 is 1.27 bits per heavy atom. The SMILES string of the molecule is B[C@@H]1O[C@H](CO[Si](C[Si](C)(C)C)(OC(c2ccccc2)c2ccccc2)O[Si](C)(C)C)C(OP(C)N(C(C)C)C(C)C)[C@@H]1OC(OCCOC(C)=O)OCCOC(C)=O. The second kappa shape index (κ2) is 24.1. The van der Waals surface area contributed by atoms with E-state index in [1.165, 1.54) is 13.8 Å². The topological polar surface area (TPSA) is 130 Å². The summed E-state index contributed by atoms with van der Waals surface area (Å²) in [5.41, 5.74) is 2.72. The molecule has 59 heavy (non-hydrogen) atoms. The maximum absolute atomic E-state index is 11.5. The van der Waals surface area contributed by atoms with Gasteiger partial charge in [-0.3, -0.25) is 14.3 Å². The molecule has 1 saturated heterocycles. The highest BCUT2D eigenvalue weighted by Gasteiger charge is 2.53. The fourth-order valence-corrected chi connectivity index (χ4v) is 21.2. The van der Waals surface area contributed by atoms with Gasteiger partial charge < -0.3 is 45.9 Å². The first-order valence-corrected chi connectivity index (χ1v) is 31.4. The summed E-state index contributed by atoms with van der Waals surface area (Å²) in [5, 5.41) is 0. The highest BCUT2D eigenvalue weighted by molar-refractivity contribution is 7.49. The molecule has 13 nitrogen and oxygen atoms in total. The van der Waals surface area contributed by atoms with Crippen molar-refractivity contribution in [3.8, 4) is 0 Å². The van der Waals surface area contributed by atoms with Crippen molar-refractivity contribution in [2.75, 3.05) is 39.7 Å². The first-order chi connectivity index (χ1) is 27.6. The number of ether oxygens (including phenoxy) is 6. The van der Waals surface area contributed by atoms with E-state index in [2.05, 4.69) is 103 Å². The Labute approximate surface area is 359 Å². The average Bonchev–Trinajstić information content (AvgIpc) is 3.41.